The Bertz CT molecular complexity index is 880. The maximum Gasteiger partial charge on any atom is 0.260 e. The van der Waals surface area contributed by atoms with E-state index in [-0.39, 0.29) is 29.8 Å². The van der Waals surface area contributed by atoms with E-state index in [2.05, 4.69) is 10.3 Å². The lowest BCUT2D eigenvalue weighted by molar-refractivity contribution is -0.135. The summed E-state index contributed by atoms with van der Waals surface area (Å²) in [5.41, 5.74) is 1.05. The van der Waals surface area contributed by atoms with Gasteiger partial charge in [0, 0.05) is 48.9 Å². The molecule has 30 heavy (non-hydrogen) atoms. The largest absolute Gasteiger partial charge is 0.484 e. The van der Waals surface area contributed by atoms with Crippen molar-refractivity contribution in [3.05, 3.63) is 59.4 Å². The van der Waals surface area contributed by atoms with Gasteiger partial charge in [0.2, 0.25) is 5.91 Å². The molecule has 1 unspecified atom stereocenters. The van der Waals surface area contributed by atoms with E-state index in [9.17, 15) is 9.59 Å². The van der Waals surface area contributed by atoms with Gasteiger partial charge in [-0.05, 0) is 61.1 Å². The van der Waals surface area contributed by atoms with Crippen LogP contribution in [0.15, 0.2) is 48.7 Å². The molecule has 2 amide bonds. The Morgan fingerprint density at radius 2 is 1.93 bits per heavy atom. The zero-order chi connectivity index (χ0) is 21.0. The number of carbonyl (C=O) groups excluding carboxylic acids is 2. The van der Waals surface area contributed by atoms with Crippen LogP contribution in [0.3, 0.4) is 0 Å². The minimum Gasteiger partial charge on any atom is -0.484 e. The molecule has 1 aliphatic heterocycles. The number of ether oxygens (including phenoxy) is 1. The number of rotatable bonds is 7. The highest BCUT2D eigenvalue weighted by atomic mass is 35.5. The van der Waals surface area contributed by atoms with E-state index < -0.39 is 0 Å². The van der Waals surface area contributed by atoms with Crippen molar-refractivity contribution in [3.8, 4) is 5.75 Å². The Hall–Kier alpha value is -2.60. The number of halogens is 1. The summed E-state index contributed by atoms with van der Waals surface area (Å²) in [5.74, 6) is 0.822. The van der Waals surface area contributed by atoms with E-state index in [4.69, 9.17) is 16.3 Å². The third-order valence-electron chi connectivity index (χ3n) is 6.20. The molecule has 1 aromatic heterocycles. The fourth-order valence-corrected chi connectivity index (χ4v) is 4.35. The van der Waals surface area contributed by atoms with Crippen molar-refractivity contribution in [2.45, 2.75) is 25.7 Å². The van der Waals surface area contributed by atoms with Crippen molar-refractivity contribution in [2.75, 3.05) is 26.2 Å². The van der Waals surface area contributed by atoms with Crippen LogP contribution in [0.2, 0.25) is 5.02 Å². The average molecular weight is 428 g/mol. The van der Waals surface area contributed by atoms with E-state index >= 15 is 0 Å². The minimum atomic E-state index is -0.0168. The van der Waals surface area contributed by atoms with Crippen molar-refractivity contribution < 1.29 is 14.3 Å². The predicted octanol–water partition coefficient (Wildman–Crippen LogP) is 3.10. The maximum absolute atomic E-state index is 12.5. The number of hydrogen-bond acceptors (Lipinski definition) is 4. The number of nitrogens with one attached hydrogen (secondary N) is 1. The highest BCUT2D eigenvalue weighted by Crippen LogP contribution is 2.59. The molecular weight excluding hydrogens is 402 g/mol. The molecule has 2 heterocycles. The molecule has 7 heteroatoms. The first-order chi connectivity index (χ1) is 14.6. The van der Waals surface area contributed by atoms with Gasteiger partial charge in [-0.25, -0.2) is 0 Å². The van der Waals surface area contributed by atoms with Crippen LogP contribution in [0.5, 0.6) is 5.75 Å². The van der Waals surface area contributed by atoms with Gasteiger partial charge in [0.15, 0.2) is 6.61 Å². The van der Waals surface area contributed by atoms with Crippen LogP contribution < -0.4 is 10.1 Å². The SMILES string of the molecule is O=C(NCCc1ccccn1)C1CC12CCN(C(=O)COc1ccc(Cl)cc1)CC2. The number of piperidine rings is 1. The number of pyridine rings is 1. The molecule has 1 saturated heterocycles. The molecule has 4 rings (SSSR count). The lowest BCUT2D eigenvalue weighted by Gasteiger charge is -2.32. The van der Waals surface area contributed by atoms with Gasteiger partial charge in [0.1, 0.15) is 5.75 Å². The number of aromatic nitrogens is 1. The van der Waals surface area contributed by atoms with Crippen molar-refractivity contribution >= 4 is 23.4 Å². The zero-order valence-electron chi connectivity index (χ0n) is 16.9. The first-order valence-corrected chi connectivity index (χ1v) is 10.8. The maximum atomic E-state index is 12.5. The van der Waals surface area contributed by atoms with Gasteiger partial charge in [-0.3, -0.25) is 14.6 Å². The minimum absolute atomic E-state index is 0.0168. The molecule has 1 spiro atoms. The number of carbonyl (C=O) groups is 2. The van der Waals surface area contributed by atoms with Crippen LogP contribution in [-0.2, 0) is 16.0 Å². The summed E-state index contributed by atoms with van der Waals surface area (Å²) >= 11 is 5.86. The lowest BCUT2D eigenvalue weighted by atomic mass is 9.90. The summed E-state index contributed by atoms with van der Waals surface area (Å²) in [4.78, 5) is 31.1. The first-order valence-electron chi connectivity index (χ1n) is 10.4. The van der Waals surface area contributed by atoms with Crippen molar-refractivity contribution in [1.82, 2.24) is 15.2 Å². The highest BCUT2D eigenvalue weighted by Gasteiger charge is 2.58. The summed E-state index contributed by atoms with van der Waals surface area (Å²) in [5, 5.41) is 3.69. The van der Waals surface area contributed by atoms with E-state index in [1.807, 2.05) is 23.1 Å². The number of nitrogens with zero attached hydrogens (tertiary/aromatic N) is 2. The smallest absolute Gasteiger partial charge is 0.260 e. The Kier molecular flexibility index (Phi) is 6.23. The second-order valence-electron chi connectivity index (χ2n) is 8.10. The molecule has 1 N–H and O–H groups in total. The summed E-state index contributed by atoms with van der Waals surface area (Å²) in [6, 6.07) is 12.8. The summed E-state index contributed by atoms with van der Waals surface area (Å²) in [6.45, 7) is 1.99. The summed E-state index contributed by atoms with van der Waals surface area (Å²) in [7, 11) is 0. The lowest BCUT2D eigenvalue weighted by Crippen LogP contribution is -2.42. The molecule has 1 aliphatic carbocycles. The highest BCUT2D eigenvalue weighted by molar-refractivity contribution is 6.30. The Morgan fingerprint density at radius 1 is 1.17 bits per heavy atom. The normalized spacial score (nSPS) is 19.4. The fourth-order valence-electron chi connectivity index (χ4n) is 4.22. The Morgan fingerprint density at radius 3 is 2.63 bits per heavy atom. The van der Waals surface area contributed by atoms with E-state index in [1.165, 1.54) is 0 Å². The van der Waals surface area contributed by atoms with Gasteiger partial charge >= 0.3 is 0 Å². The number of likely N-dealkylation sites (tertiary alicyclic amines) is 1. The van der Waals surface area contributed by atoms with Crippen molar-refractivity contribution in [2.24, 2.45) is 11.3 Å². The summed E-state index contributed by atoms with van der Waals surface area (Å²) in [6.07, 6.45) is 5.17. The van der Waals surface area contributed by atoms with Gasteiger partial charge in [0.25, 0.3) is 5.91 Å². The van der Waals surface area contributed by atoms with Gasteiger partial charge in [-0.15, -0.1) is 0 Å². The zero-order valence-corrected chi connectivity index (χ0v) is 17.6. The van der Waals surface area contributed by atoms with E-state index in [1.54, 1.807) is 30.5 Å². The molecule has 158 valence electrons. The Balaban J connectivity index is 1.17. The molecule has 0 bridgehead atoms. The van der Waals surface area contributed by atoms with Crippen LogP contribution >= 0.6 is 11.6 Å². The molecular formula is C23H26ClN3O3. The second-order valence-corrected chi connectivity index (χ2v) is 8.54. The molecule has 2 aliphatic rings. The quantitative estimate of drug-likeness (QED) is 0.737. The third kappa shape index (κ3) is 4.93. The van der Waals surface area contributed by atoms with Gasteiger partial charge in [0.05, 0.1) is 0 Å². The monoisotopic (exact) mass is 427 g/mol. The fraction of sp³-hybridized carbons (Fsp3) is 0.435. The van der Waals surface area contributed by atoms with E-state index in [0.29, 0.717) is 30.4 Å². The van der Waals surface area contributed by atoms with Gasteiger partial charge < -0.3 is 15.0 Å². The molecule has 2 fully saturated rings. The first kappa shape index (κ1) is 20.7. The van der Waals surface area contributed by atoms with Crippen LogP contribution in [-0.4, -0.2) is 47.9 Å². The topological polar surface area (TPSA) is 71.5 Å². The molecule has 1 saturated carbocycles. The number of benzene rings is 1. The standard InChI is InChI=1S/C23H26ClN3O3/c24-17-4-6-19(7-5-17)30-16-21(28)27-13-9-23(10-14-27)15-20(23)22(29)26-12-8-18-3-1-2-11-25-18/h1-7,11,20H,8-10,12-16H2,(H,26,29). The van der Waals surface area contributed by atoms with Crippen LogP contribution in [0.4, 0.5) is 0 Å². The molecule has 2 aromatic rings. The van der Waals surface area contributed by atoms with E-state index in [0.717, 1.165) is 31.4 Å². The molecule has 0 radical (unpaired) electrons. The van der Waals surface area contributed by atoms with Crippen molar-refractivity contribution in [3.63, 3.8) is 0 Å². The van der Waals surface area contributed by atoms with Gasteiger partial charge in [-0.1, -0.05) is 17.7 Å². The number of amides is 2. The van der Waals surface area contributed by atoms with Crippen LogP contribution in [0, 0.1) is 11.3 Å². The van der Waals surface area contributed by atoms with Gasteiger partial charge in [-0.2, -0.15) is 0 Å². The van der Waals surface area contributed by atoms with Crippen molar-refractivity contribution in [1.29, 1.82) is 0 Å². The second kappa shape index (κ2) is 9.04. The average Bonchev–Trinajstić information content (AvgIpc) is 3.47. The molecule has 1 atom stereocenters. The molecule has 1 aromatic carbocycles. The van der Waals surface area contributed by atoms with Crippen LogP contribution in [0.1, 0.15) is 25.0 Å². The summed E-state index contributed by atoms with van der Waals surface area (Å²) < 4.78 is 5.56. The predicted molar refractivity (Wildman–Crippen MR) is 114 cm³/mol. The molecule has 6 nitrogen and oxygen atoms in total. The third-order valence-corrected chi connectivity index (χ3v) is 6.45. The van der Waals surface area contributed by atoms with Crippen LogP contribution in [0.25, 0.3) is 0 Å². The number of hydrogen-bond donors (Lipinski definition) is 1. The Labute approximate surface area is 181 Å².